The number of amides is 1. The van der Waals surface area contributed by atoms with Crippen molar-refractivity contribution in [3.8, 4) is 17.0 Å². The molecule has 1 atom stereocenters. The van der Waals surface area contributed by atoms with E-state index in [2.05, 4.69) is 4.98 Å². The fourth-order valence-corrected chi connectivity index (χ4v) is 3.16. The van der Waals surface area contributed by atoms with Crippen LogP contribution in [0.15, 0.2) is 24.3 Å². The third-order valence-electron chi connectivity index (χ3n) is 4.33. The fourth-order valence-electron chi connectivity index (χ4n) is 3.16. The summed E-state index contributed by atoms with van der Waals surface area (Å²) in [6, 6.07) is 6.17. The van der Waals surface area contributed by atoms with Crippen LogP contribution in [0.2, 0.25) is 0 Å². The number of fused-ring (bicyclic) bond motifs is 1. The van der Waals surface area contributed by atoms with E-state index in [9.17, 15) is 18.0 Å². The van der Waals surface area contributed by atoms with Gasteiger partial charge in [-0.25, -0.2) is 18.2 Å². The van der Waals surface area contributed by atoms with Crippen molar-refractivity contribution >= 4 is 5.91 Å². The first-order valence-corrected chi connectivity index (χ1v) is 8.29. The van der Waals surface area contributed by atoms with Crippen molar-refractivity contribution in [2.75, 3.05) is 0 Å². The zero-order chi connectivity index (χ0) is 19.1. The quantitative estimate of drug-likeness (QED) is 0.891. The van der Waals surface area contributed by atoms with Gasteiger partial charge >= 0.3 is 0 Å². The van der Waals surface area contributed by atoms with E-state index in [1.165, 1.54) is 12.1 Å². The highest BCUT2D eigenvalue weighted by Crippen LogP contribution is 2.38. The number of aryl methyl sites for hydroxylation is 1. The number of halogens is 3. The number of nitrogens with zero attached hydrogens (tertiary/aromatic N) is 1. The average molecular weight is 364 g/mol. The van der Waals surface area contributed by atoms with Crippen molar-refractivity contribution < 1.29 is 22.7 Å². The standard InChI is InChI=1S/C19H19F3N2O2/c1-10-3-5-12(15(20)7-10)14-8-16(17(23)25)24-18-13(14)6-4-11(26-18)9-19(2,21)22/h3,5,7-8,11H,4,6,9H2,1-2H3,(H2,23,25)/t11-/m1/s1. The van der Waals surface area contributed by atoms with E-state index < -0.39 is 30.2 Å². The van der Waals surface area contributed by atoms with Crippen molar-refractivity contribution in [3.05, 3.63) is 46.9 Å². The minimum Gasteiger partial charge on any atom is -0.474 e. The Balaban J connectivity index is 2.08. The van der Waals surface area contributed by atoms with Crippen LogP contribution in [-0.2, 0) is 6.42 Å². The lowest BCUT2D eigenvalue weighted by Crippen LogP contribution is -2.30. The van der Waals surface area contributed by atoms with Gasteiger partial charge in [-0.1, -0.05) is 12.1 Å². The maximum atomic E-state index is 14.5. The molecule has 2 aromatic rings. The molecule has 3 rings (SSSR count). The zero-order valence-corrected chi connectivity index (χ0v) is 14.5. The Morgan fingerprint density at radius 2 is 2.08 bits per heavy atom. The number of alkyl halides is 2. The molecule has 0 saturated heterocycles. The monoisotopic (exact) mass is 364 g/mol. The summed E-state index contributed by atoms with van der Waals surface area (Å²) in [4.78, 5) is 15.7. The van der Waals surface area contributed by atoms with Crippen LogP contribution in [0.4, 0.5) is 13.2 Å². The van der Waals surface area contributed by atoms with Crippen LogP contribution in [0.5, 0.6) is 5.88 Å². The second kappa shape index (κ2) is 6.63. The van der Waals surface area contributed by atoms with Gasteiger partial charge in [-0.2, -0.15) is 0 Å². The summed E-state index contributed by atoms with van der Waals surface area (Å²) in [6.07, 6.45) is -0.434. The van der Waals surface area contributed by atoms with E-state index in [0.29, 0.717) is 29.5 Å². The van der Waals surface area contributed by atoms with Crippen LogP contribution < -0.4 is 10.5 Å². The molecule has 2 N–H and O–H groups in total. The van der Waals surface area contributed by atoms with Crippen molar-refractivity contribution in [1.82, 2.24) is 4.98 Å². The Kier molecular flexibility index (Phi) is 4.64. The molecule has 0 unspecified atom stereocenters. The summed E-state index contributed by atoms with van der Waals surface area (Å²) in [6.45, 7) is 2.59. The highest BCUT2D eigenvalue weighted by atomic mass is 19.3. The summed E-state index contributed by atoms with van der Waals surface area (Å²) < 4.78 is 46.7. The van der Waals surface area contributed by atoms with E-state index in [1.807, 2.05) is 0 Å². The minimum absolute atomic E-state index is 0.0665. The second-order valence-corrected chi connectivity index (χ2v) is 6.74. The predicted molar refractivity (Wildman–Crippen MR) is 90.9 cm³/mol. The molecule has 2 heterocycles. The van der Waals surface area contributed by atoms with Gasteiger partial charge in [-0.15, -0.1) is 0 Å². The molecule has 4 nitrogen and oxygen atoms in total. The Hall–Kier alpha value is -2.57. The number of hydrogen-bond acceptors (Lipinski definition) is 3. The number of aromatic nitrogens is 1. The maximum absolute atomic E-state index is 14.5. The number of hydrogen-bond donors (Lipinski definition) is 1. The second-order valence-electron chi connectivity index (χ2n) is 6.74. The van der Waals surface area contributed by atoms with Crippen molar-refractivity contribution in [3.63, 3.8) is 0 Å². The molecule has 0 saturated carbocycles. The fraction of sp³-hybridized carbons (Fsp3) is 0.368. The van der Waals surface area contributed by atoms with Crippen LogP contribution in [0.3, 0.4) is 0 Å². The maximum Gasteiger partial charge on any atom is 0.267 e. The highest BCUT2D eigenvalue weighted by molar-refractivity contribution is 5.93. The molecule has 0 spiro atoms. The Morgan fingerprint density at radius 3 is 2.69 bits per heavy atom. The molecule has 0 bridgehead atoms. The number of benzene rings is 1. The SMILES string of the molecule is Cc1ccc(-c2cc(C(N)=O)nc3c2CC[C@H](CC(C)(F)F)O3)c(F)c1. The van der Waals surface area contributed by atoms with Crippen molar-refractivity contribution in [2.45, 2.75) is 45.1 Å². The third kappa shape index (κ3) is 3.81. The van der Waals surface area contributed by atoms with Crippen LogP contribution in [0, 0.1) is 12.7 Å². The van der Waals surface area contributed by atoms with E-state index >= 15 is 0 Å². The molecule has 0 aliphatic carbocycles. The highest BCUT2D eigenvalue weighted by Gasteiger charge is 2.33. The Bertz CT molecular complexity index is 863. The van der Waals surface area contributed by atoms with Gasteiger partial charge < -0.3 is 10.5 Å². The third-order valence-corrected chi connectivity index (χ3v) is 4.33. The summed E-state index contributed by atoms with van der Waals surface area (Å²) in [5, 5.41) is 0. The van der Waals surface area contributed by atoms with Crippen LogP contribution in [-0.4, -0.2) is 22.9 Å². The lowest BCUT2D eigenvalue weighted by Gasteiger charge is -2.28. The number of rotatable bonds is 4. The first kappa shape index (κ1) is 18.2. The molecule has 26 heavy (non-hydrogen) atoms. The number of primary amides is 1. The molecule has 1 amide bonds. The van der Waals surface area contributed by atoms with Crippen LogP contribution in [0.25, 0.3) is 11.1 Å². The van der Waals surface area contributed by atoms with E-state index in [1.54, 1.807) is 19.1 Å². The molecule has 7 heteroatoms. The molecule has 138 valence electrons. The lowest BCUT2D eigenvalue weighted by atomic mass is 9.92. The number of carbonyl (C=O) groups is 1. The minimum atomic E-state index is -2.88. The summed E-state index contributed by atoms with van der Waals surface area (Å²) in [7, 11) is 0. The number of carbonyl (C=O) groups excluding carboxylic acids is 1. The smallest absolute Gasteiger partial charge is 0.267 e. The molecule has 1 aromatic carbocycles. The summed E-state index contributed by atoms with van der Waals surface area (Å²) >= 11 is 0. The topological polar surface area (TPSA) is 65.2 Å². The lowest BCUT2D eigenvalue weighted by molar-refractivity contribution is -0.0265. The first-order valence-electron chi connectivity index (χ1n) is 8.29. The van der Waals surface area contributed by atoms with E-state index in [-0.39, 0.29) is 11.6 Å². The molecule has 1 aliphatic heterocycles. The van der Waals surface area contributed by atoms with Gasteiger partial charge in [0.05, 0.1) is 0 Å². The average Bonchev–Trinajstić information content (AvgIpc) is 2.52. The molecular weight excluding hydrogens is 345 g/mol. The van der Waals surface area contributed by atoms with Crippen molar-refractivity contribution in [1.29, 1.82) is 0 Å². The van der Waals surface area contributed by atoms with Crippen LogP contribution >= 0.6 is 0 Å². The van der Waals surface area contributed by atoms with Gasteiger partial charge in [0, 0.05) is 17.5 Å². The van der Waals surface area contributed by atoms with Gasteiger partial charge in [-0.05, 0) is 49.9 Å². The Morgan fingerprint density at radius 1 is 1.35 bits per heavy atom. The molecule has 0 fully saturated rings. The Labute approximate surface area is 149 Å². The molecule has 0 radical (unpaired) electrons. The largest absolute Gasteiger partial charge is 0.474 e. The zero-order valence-electron chi connectivity index (χ0n) is 14.5. The van der Waals surface area contributed by atoms with Crippen molar-refractivity contribution in [2.24, 2.45) is 5.73 Å². The molecule has 1 aliphatic rings. The normalized spacial score (nSPS) is 16.7. The number of pyridine rings is 1. The van der Waals surface area contributed by atoms with Gasteiger partial charge in [0.1, 0.15) is 17.6 Å². The first-order chi connectivity index (χ1) is 12.1. The predicted octanol–water partition coefficient (Wildman–Crippen LogP) is 4.03. The molecule has 1 aromatic heterocycles. The van der Waals surface area contributed by atoms with Crippen LogP contribution in [0.1, 0.15) is 41.4 Å². The van der Waals surface area contributed by atoms with E-state index in [4.69, 9.17) is 10.5 Å². The number of nitrogens with two attached hydrogens (primary N) is 1. The van der Waals surface area contributed by atoms with E-state index in [0.717, 1.165) is 12.5 Å². The van der Waals surface area contributed by atoms with Gasteiger partial charge in [0.2, 0.25) is 11.8 Å². The molecular formula is C19H19F3N2O2. The summed E-state index contributed by atoms with van der Waals surface area (Å²) in [5.74, 6) is -4.06. The van der Waals surface area contributed by atoms with Gasteiger partial charge in [0.15, 0.2) is 0 Å². The van der Waals surface area contributed by atoms with Gasteiger partial charge in [-0.3, -0.25) is 4.79 Å². The number of ether oxygens (including phenoxy) is 1. The van der Waals surface area contributed by atoms with Gasteiger partial charge in [0.25, 0.3) is 5.91 Å². The summed E-state index contributed by atoms with van der Waals surface area (Å²) in [5.41, 5.74) is 7.31.